The number of oxazole rings is 1. The van der Waals surface area contributed by atoms with Gasteiger partial charge >= 0.3 is 0 Å². The minimum atomic E-state index is -0.0124. The van der Waals surface area contributed by atoms with Gasteiger partial charge in [0.1, 0.15) is 17.8 Å². The van der Waals surface area contributed by atoms with E-state index in [-0.39, 0.29) is 18.0 Å². The summed E-state index contributed by atoms with van der Waals surface area (Å²) in [6.45, 7) is 4.70. The highest BCUT2D eigenvalue weighted by Gasteiger charge is 2.47. The van der Waals surface area contributed by atoms with Crippen LogP contribution in [0.5, 0.6) is 0 Å². The van der Waals surface area contributed by atoms with Crippen LogP contribution in [0.15, 0.2) is 47.3 Å². The molecule has 1 saturated heterocycles. The maximum absolute atomic E-state index is 13.5. The van der Waals surface area contributed by atoms with Crippen molar-refractivity contribution in [2.75, 3.05) is 11.9 Å². The second-order valence-electron chi connectivity index (χ2n) is 8.02. The summed E-state index contributed by atoms with van der Waals surface area (Å²) in [5.74, 6) is 1.73. The maximum atomic E-state index is 13.5. The van der Waals surface area contributed by atoms with E-state index in [0.29, 0.717) is 23.1 Å². The normalized spacial score (nSPS) is 22.8. The molecule has 3 unspecified atom stereocenters. The van der Waals surface area contributed by atoms with Gasteiger partial charge in [-0.3, -0.25) is 4.79 Å². The Morgan fingerprint density at radius 3 is 2.79 bits per heavy atom. The number of carbonyl (C=O) groups is 1. The molecule has 3 atom stereocenters. The molecule has 1 amide bonds. The van der Waals surface area contributed by atoms with Crippen LogP contribution in [0.2, 0.25) is 0 Å². The van der Waals surface area contributed by atoms with Gasteiger partial charge in [-0.2, -0.15) is 0 Å². The first-order valence-electron chi connectivity index (χ1n) is 9.96. The van der Waals surface area contributed by atoms with Crippen LogP contribution in [0.4, 0.5) is 5.82 Å². The molecule has 1 N–H and O–H groups in total. The van der Waals surface area contributed by atoms with Gasteiger partial charge in [0, 0.05) is 24.5 Å². The third kappa shape index (κ3) is 3.26. The fourth-order valence-corrected chi connectivity index (χ4v) is 4.54. The van der Waals surface area contributed by atoms with Gasteiger partial charge in [0.05, 0.1) is 17.8 Å². The lowest BCUT2D eigenvalue weighted by Gasteiger charge is -2.34. The quantitative estimate of drug-likeness (QED) is 0.736. The maximum Gasteiger partial charge on any atom is 0.256 e. The fourth-order valence-electron chi connectivity index (χ4n) is 4.54. The summed E-state index contributed by atoms with van der Waals surface area (Å²) >= 11 is 0. The molecule has 1 saturated carbocycles. The zero-order valence-electron chi connectivity index (χ0n) is 16.5. The predicted molar refractivity (Wildman–Crippen MR) is 108 cm³/mol. The van der Waals surface area contributed by atoms with Gasteiger partial charge in [0.15, 0.2) is 0 Å². The van der Waals surface area contributed by atoms with Crippen molar-refractivity contribution in [3.05, 3.63) is 59.7 Å². The Hall–Kier alpha value is -3.22. The summed E-state index contributed by atoms with van der Waals surface area (Å²) in [6.07, 6.45) is 7.00. The number of piperidine rings is 1. The standard InChI is InChI=1S/C22H23N5O2/c1-13-3-6-19(24-11-13)26-17-9-15-10-18(17)27(12-15)22(28)16-5-4-14(2)25-20(16)21-23-7-8-29-21/h3-8,11,15,17-18H,9-10,12H2,1-2H3,(H,24,26). The number of pyridine rings is 2. The Morgan fingerprint density at radius 2 is 2.07 bits per heavy atom. The Morgan fingerprint density at radius 1 is 1.17 bits per heavy atom. The van der Waals surface area contributed by atoms with Crippen LogP contribution in [0.3, 0.4) is 0 Å². The molecule has 0 aromatic carbocycles. The van der Waals surface area contributed by atoms with Gasteiger partial charge in [-0.1, -0.05) is 6.07 Å². The number of nitrogens with one attached hydrogen (secondary N) is 1. The molecule has 148 valence electrons. The number of carbonyl (C=O) groups excluding carboxylic acids is 1. The molecule has 2 aliphatic rings. The van der Waals surface area contributed by atoms with Crippen LogP contribution in [-0.4, -0.2) is 44.4 Å². The highest BCUT2D eigenvalue weighted by molar-refractivity contribution is 5.99. The molecule has 7 nitrogen and oxygen atoms in total. The van der Waals surface area contributed by atoms with E-state index in [1.807, 2.05) is 49.2 Å². The number of rotatable bonds is 4. The summed E-state index contributed by atoms with van der Waals surface area (Å²) in [7, 11) is 0. The van der Waals surface area contributed by atoms with Gasteiger partial charge in [-0.25, -0.2) is 15.0 Å². The van der Waals surface area contributed by atoms with Crippen molar-refractivity contribution in [2.45, 2.75) is 38.8 Å². The summed E-state index contributed by atoms with van der Waals surface area (Å²) in [6, 6.07) is 8.09. The number of anilines is 1. The van der Waals surface area contributed by atoms with Crippen LogP contribution in [-0.2, 0) is 0 Å². The highest BCUT2D eigenvalue weighted by Crippen LogP contribution is 2.40. The number of hydrogen-bond acceptors (Lipinski definition) is 6. The van der Waals surface area contributed by atoms with Crippen molar-refractivity contribution in [3.63, 3.8) is 0 Å². The lowest BCUT2D eigenvalue weighted by atomic mass is 10.0. The summed E-state index contributed by atoms with van der Waals surface area (Å²) < 4.78 is 5.43. The molecule has 0 radical (unpaired) electrons. The fraction of sp³-hybridized carbons (Fsp3) is 0.364. The number of hydrogen-bond donors (Lipinski definition) is 1. The van der Waals surface area contributed by atoms with E-state index in [4.69, 9.17) is 4.42 Å². The van der Waals surface area contributed by atoms with Crippen LogP contribution in [0.25, 0.3) is 11.6 Å². The smallest absolute Gasteiger partial charge is 0.256 e. The zero-order chi connectivity index (χ0) is 20.0. The molecule has 3 aromatic rings. The Kier molecular flexibility index (Phi) is 4.30. The zero-order valence-corrected chi connectivity index (χ0v) is 16.5. The van der Waals surface area contributed by atoms with Crippen molar-refractivity contribution in [1.82, 2.24) is 19.9 Å². The van der Waals surface area contributed by atoms with Crippen molar-refractivity contribution in [1.29, 1.82) is 0 Å². The van der Waals surface area contributed by atoms with Crippen LogP contribution < -0.4 is 5.32 Å². The third-order valence-corrected chi connectivity index (χ3v) is 5.89. The van der Waals surface area contributed by atoms with E-state index in [1.54, 1.807) is 6.20 Å². The van der Waals surface area contributed by atoms with E-state index in [9.17, 15) is 4.79 Å². The minimum Gasteiger partial charge on any atom is -0.443 e. The van der Waals surface area contributed by atoms with Crippen LogP contribution in [0.1, 0.15) is 34.5 Å². The second-order valence-corrected chi connectivity index (χ2v) is 8.02. The lowest BCUT2D eigenvalue weighted by molar-refractivity contribution is 0.0692. The van der Waals surface area contributed by atoms with E-state index in [1.165, 1.54) is 6.26 Å². The number of aryl methyl sites for hydroxylation is 2. The molecule has 7 heteroatoms. The number of nitrogens with zero attached hydrogens (tertiary/aromatic N) is 4. The third-order valence-electron chi connectivity index (χ3n) is 5.89. The van der Waals surface area contributed by atoms with E-state index < -0.39 is 0 Å². The van der Waals surface area contributed by atoms with E-state index in [2.05, 4.69) is 20.3 Å². The minimum absolute atomic E-state index is 0.0124. The van der Waals surface area contributed by atoms with Crippen molar-refractivity contribution in [3.8, 4) is 11.6 Å². The Labute approximate surface area is 169 Å². The second kappa shape index (κ2) is 6.99. The Balaban J connectivity index is 1.40. The molecule has 0 spiro atoms. The first-order chi connectivity index (χ1) is 14.1. The number of likely N-dealkylation sites (tertiary alicyclic amines) is 1. The summed E-state index contributed by atoms with van der Waals surface area (Å²) in [5.41, 5.74) is 3.00. The average Bonchev–Trinajstić information content (AvgIpc) is 3.46. The monoisotopic (exact) mass is 389 g/mol. The van der Waals surface area contributed by atoms with E-state index in [0.717, 1.165) is 36.5 Å². The predicted octanol–water partition coefficient (Wildman–Crippen LogP) is 3.46. The van der Waals surface area contributed by atoms with Crippen molar-refractivity contribution < 1.29 is 9.21 Å². The lowest BCUT2D eigenvalue weighted by Crippen LogP contribution is -2.48. The number of fused-ring (bicyclic) bond motifs is 2. The van der Waals surface area contributed by atoms with E-state index >= 15 is 0 Å². The van der Waals surface area contributed by atoms with Gasteiger partial charge < -0.3 is 14.6 Å². The topological polar surface area (TPSA) is 84.2 Å². The average molecular weight is 389 g/mol. The Bertz CT molecular complexity index is 1030. The molecule has 29 heavy (non-hydrogen) atoms. The first-order valence-corrected chi connectivity index (χ1v) is 9.96. The van der Waals surface area contributed by atoms with Gasteiger partial charge in [-0.15, -0.1) is 0 Å². The summed E-state index contributed by atoms with van der Waals surface area (Å²) in [4.78, 5) is 28.7. The van der Waals surface area contributed by atoms with Crippen LogP contribution >= 0.6 is 0 Å². The molecule has 5 rings (SSSR count). The van der Waals surface area contributed by atoms with Gasteiger partial charge in [0.25, 0.3) is 5.91 Å². The largest absolute Gasteiger partial charge is 0.443 e. The number of aromatic nitrogens is 3. The molecule has 1 aliphatic carbocycles. The summed E-state index contributed by atoms with van der Waals surface area (Å²) in [5, 5.41) is 3.54. The molecule has 2 bridgehead atoms. The molecule has 2 fully saturated rings. The molecule has 1 aliphatic heterocycles. The van der Waals surface area contributed by atoms with Gasteiger partial charge in [0.2, 0.25) is 5.89 Å². The molecule has 4 heterocycles. The highest BCUT2D eigenvalue weighted by atomic mass is 16.3. The molecular weight excluding hydrogens is 366 g/mol. The molecule has 3 aromatic heterocycles. The van der Waals surface area contributed by atoms with Crippen molar-refractivity contribution in [2.24, 2.45) is 5.92 Å². The number of amides is 1. The molecular formula is C22H23N5O2. The SMILES string of the molecule is Cc1ccc(NC2CC3CC2N(C(=O)c2ccc(C)nc2-c2ncco2)C3)nc1. The van der Waals surface area contributed by atoms with Gasteiger partial charge in [-0.05, 0) is 56.4 Å². The van der Waals surface area contributed by atoms with Crippen molar-refractivity contribution >= 4 is 11.7 Å². The van der Waals surface area contributed by atoms with Crippen LogP contribution in [0, 0.1) is 19.8 Å². The first kappa shape index (κ1) is 17.8.